The van der Waals surface area contributed by atoms with Gasteiger partial charge in [0.25, 0.3) is 5.91 Å². The van der Waals surface area contributed by atoms with Crippen LogP contribution in [0.15, 0.2) is 18.2 Å². The Labute approximate surface area is 123 Å². The standard InChI is InChI=1S/C14H19ClN2O3/c1-4-14(2,3)17-12(18)8-20-13(19)9-5-6-10(15)11(16)7-9/h5-7H,4,8,16H2,1-3H3,(H,17,18). The topological polar surface area (TPSA) is 81.4 Å². The molecule has 3 N–H and O–H groups in total. The number of nitrogens with one attached hydrogen (secondary N) is 1. The number of rotatable bonds is 5. The number of hydrogen-bond acceptors (Lipinski definition) is 4. The molecule has 0 saturated heterocycles. The van der Waals surface area contributed by atoms with Crippen LogP contribution in [0.1, 0.15) is 37.6 Å². The average molecular weight is 299 g/mol. The van der Waals surface area contributed by atoms with Crippen LogP contribution in [0.25, 0.3) is 0 Å². The molecule has 110 valence electrons. The fraction of sp³-hybridized carbons (Fsp3) is 0.429. The van der Waals surface area contributed by atoms with Gasteiger partial charge in [-0.2, -0.15) is 0 Å². The van der Waals surface area contributed by atoms with Crippen LogP contribution in [-0.2, 0) is 9.53 Å². The van der Waals surface area contributed by atoms with Crippen molar-refractivity contribution >= 4 is 29.2 Å². The summed E-state index contributed by atoms with van der Waals surface area (Å²) in [6.45, 7) is 5.42. The molecule has 0 radical (unpaired) electrons. The third-order valence-electron chi connectivity index (χ3n) is 2.93. The molecule has 1 rings (SSSR count). The van der Waals surface area contributed by atoms with Gasteiger partial charge in [0.15, 0.2) is 6.61 Å². The Hall–Kier alpha value is -1.75. The molecule has 5 nitrogen and oxygen atoms in total. The predicted octanol–water partition coefficient (Wildman–Crippen LogP) is 2.38. The lowest BCUT2D eigenvalue weighted by Gasteiger charge is -2.24. The Morgan fingerprint density at radius 3 is 2.60 bits per heavy atom. The summed E-state index contributed by atoms with van der Waals surface area (Å²) in [5, 5.41) is 3.14. The molecule has 1 aromatic carbocycles. The minimum Gasteiger partial charge on any atom is -0.452 e. The summed E-state index contributed by atoms with van der Waals surface area (Å²) in [5.41, 5.74) is 5.82. The van der Waals surface area contributed by atoms with E-state index in [1.807, 2.05) is 20.8 Å². The number of ether oxygens (including phenoxy) is 1. The smallest absolute Gasteiger partial charge is 0.338 e. The molecular weight excluding hydrogens is 280 g/mol. The van der Waals surface area contributed by atoms with Gasteiger partial charge in [-0.25, -0.2) is 4.79 Å². The monoisotopic (exact) mass is 298 g/mol. The first kappa shape index (κ1) is 16.3. The summed E-state index contributed by atoms with van der Waals surface area (Å²) in [6.07, 6.45) is 0.778. The summed E-state index contributed by atoms with van der Waals surface area (Å²) >= 11 is 5.76. The molecule has 20 heavy (non-hydrogen) atoms. The third-order valence-corrected chi connectivity index (χ3v) is 3.27. The molecule has 0 bridgehead atoms. The van der Waals surface area contributed by atoms with Crippen LogP contribution >= 0.6 is 11.6 Å². The quantitative estimate of drug-likeness (QED) is 0.646. The minimum atomic E-state index is -0.613. The number of halogens is 1. The number of hydrogen-bond donors (Lipinski definition) is 2. The molecule has 0 fully saturated rings. The van der Waals surface area contributed by atoms with Crippen molar-refractivity contribution in [3.05, 3.63) is 28.8 Å². The fourth-order valence-corrected chi connectivity index (χ4v) is 1.50. The first-order valence-corrected chi connectivity index (χ1v) is 6.66. The van der Waals surface area contributed by atoms with Crippen LogP contribution in [0.2, 0.25) is 5.02 Å². The molecule has 0 unspecified atom stereocenters. The van der Waals surface area contributed by atoms with Crippen LogP contribution in [0.3, 0.4) is 0 Å². The summed E-state index contributed by atoms with van der Waals surface area (Å²) < 4.78 is 4.93. The maximum atomic E-state index is 11.7. The minimum absolute atomic E-state index is 0.259. The van der Waals surface area contributed by atoms with Gasteiger partial charge in [0, 0.05) is 5.54 Å². The first-order valence-electron chi connectivity index (χ1n) is 6.28. The number of amides is 1. The van der Waals surface area contributed by atoms with E-state index in [-0.39, 0.29) is 29.3 Å². The van der Waals surface area contributed by atoms with Gasteiger partial charge in [-0.05, 0) is 38.5 Å². The van der Waals surface area contributed by atoms with E-state index in [1.165, 1.54) is 18.2 Å². The van der Waals surface area contributed by atoms with E-state index >= 15 is 0 Å². The molecule has 1 aromatic rings. The Balaban J connectivity index is 2.55. The van der Waals surface area contributed by atoms with Gasteiger partial charge in [0.2, 0.25) is 0 Å². The van der Waals surface area contributed by atoms with E-state index in [4.69, 9.17) is 22.1 Å². The SMILES string of the molecule is CCC(C)(C)NC(=O)COC(=O)c1ccc(Cl)c(N)c1. The zero-order valence-corrected chi connectivity index (χ0v) is 12.6. The van der Waals surface area contributed by atoms with Crippen LogP contribution in [0, 0.1) is 0 Å². The summed E-state index contributed by atoms with van der Waals surface area (Å²) in [6, 6.07) is 4.42. The number of carbonyl (C=O) groups is 2. The Kier molecular flexibility index (Phi) is 5.39. The lowest BCUT2D eigenvalue weighted by Crippen LogP contribution is -2.44. The third kappa shape index (κ3) is 4.74. The van der Waals surface area contributed by atoms with E-state index in [0.29, 0.717) is 5.02 Å². The second kappa shape index (κ2) is 6.61. The van der Waals surface area contributed by atoms with Crippen LogP contribution in [0.4, 0.5) is 5.69 Å². The van der Waals surface area contributed by atoms with Crippen molar-refractivity contribution < 1.29 is 14.3 Å². The zero-order chi connectivity index (χ0) is 15.3. The molecule has 0 atom stereocenters. The number of nitrogen functional groups attached to an aromatic ring is 1. The summed E-state index contributed by atoms with van der Waals surface area (Å²) in [4.78, 5) is 23.4. The van der Waals surface area contributed by atoms with E-state index in [2.05, 4.69) is 5.32 Å². The van der Waals surface area contributed by atoms with E-state index in [9.17, 15) is 9.59 Å². The van der Waals surface area contributed by atoms with Gasteiger partial charge in [-0.15, -0.1) is 0 Å². The van der Waals surface area contributed by atoms with E-state index in [1.54, 1.807) is 0 Å². The first-order chi connectivity index (χ1) is 9.25. The van der Waals surface area contributed by atoms with Crippen molar-refractivity contribution in [2.75, 3.05) is 12.3 Å². The fourth-order valence-electron chi connectivity index (χ4n) is 1.39. The largest absolute Gasteiger partial charge is 0.452 e. The van der Waals surface area contributed by atoms with Crippen molar-refractivity contribution in [1.29, 1.82) is 0 Å². The van der Waals surface area contributed by atoms with Crippen molar-refractivity contribution in [2.45, 2.75) is 32.7 Å². The van der Waals surface area contributed by atoms with E-state index < -0.39 is 5.97 Å². The second-order valence-corrected chi connectivity index (χ2v) is 5.51. The normalized spacial score (nSPS) is 11.0. The second-order valence-electron chi connectivity index (χ2n) is 5.10. The number of esters is 1. The molecule has 0 spiro atoms. The number of carbonyl (C=O) groups excluding carboxylic acids is 2. The highest BCUT2D eigenvalue weighted by atomic mass is 35.5. The highest BCUT2D eigenvalue weighted by Crippen LogP contribution is 2.19. The molecule has 0 heterocycles. The van der Waals surface area contributed by atoms with Crippen molar-refractivity contribution in [3.63, 3.8) is 0 Å². The average Bonchev–Trinajstić information content (AvgIpc) is 2.38. The van der Waals surface area contributed by atoms with E-state index in [0.717, 1.165) is 6.42 Å². The van der Waals surface area contributed by atoms with Gasteiger partial charge in [0.1, 0.15) is 0 Å². The zero-order valence-electron chi connectivity index (χ0n) is 11.8. The van der Waals surface area contributed by atoms with Gasteiger partial charge in [-0.3, -0.25) is 4.79 Å². The molecule has 0 aliphatic rings. The van der Waals surface area contributed by atoms with Gasteiger partial charge in [-0.1, -0.05) is 18.5 Å². The molecule has 1 amide bonds. The van der Waals surface area contributed by atoms with Gasteiger partial charge < -0.3 is 15.8 Å². The summed E-state index contributed by atoms with van der Waals surface area (Å²) in [7, 11) is 0. The Morgan fingerprint density at radius 2 is 2.05 bits per heavy atom. The molecule has 6 heteroatoms. The number of anilines is 1. The van der Waals surface area contributed by atoms with Crippen molar-refractivity contribution in [3.8, 4) is 0 Å². The van der Waals surface area contributed by atoms with Crippen molar-refractivity contribution in [2.24, 2.45) is 0 Å². The molecule has 0 aromatic heterocycles. The van der Waals surface area contributed by atoms with Gasteiger partial charge >= 0.3 is 5.97 Å². The van der Waals surface area contributed by atoms with Crippen LogP contribution in [-0.4, -0.2) is 24.0 Å². The predicted molar refractivity (Wildman–Crippen MR) is 78.7 cm³/mol. The maximum Gasteiger partial charge on any atom is 0.338 e. The Bertz CT molecular complexity index is 515. The number of nitrogens with two attached hydrogens (primary N) is 1. The molecular formula is C14H19ClN2O3. The maximum absolute atomic E-state index is 11.7. The van der Waals surface area contributed by atoms with Crippen LogP contribution in [0.5, 0.6) is 0 Å². The highest BCUT2D eigenvalue weighted by Gasteiger charge is 2.19. The number of benzene rings is 1. The van der Waals surface area contributed by atoms with Crippen molar-refractivity contribution in [1.82, 2.24) is 5.32 Å². The lowest BCUT2D eigenvalue weighted by molar-refractivity contribution is -0.125. The van der Waals surface area contributed by atoms with Gasteiger partial charge in [0.05, 0.1) is 16.3 Å². The highest BCUT2D eigenvalue weighted by molar-refractivity contribution is 6.33. The van der Waals surface area contributed by atoms with Crippen LogP contribution < -0.4 is 11.1 Å². The Morgan fingerprint density at radius 1 is 1.40 bits per heavy atom. The molecule has 0 saturated carbocycles. The molecule has 0 aliphatic carbocycles. The summed E-state index contributed by atoms with van der Waals surface area (Å²) in [5.74, 6) is -0.954. The lowest BCUT2D eigenvalue weighted by atomic mass is 10.0. The molecule has 0 aliphatic heterocycles.